The molecule has 0 radical (unpaired) electrons. The van der Waals surface area contributed by atoms with E-state index in [1.165, 1.54) is 33.9 Å². The van der Waals surface area contributed by atoms with Gasteiger partial charge in [0.15, 0.2) is 0 Å². The molecule has 2 unspecified atom stereocenters. The van der Waals surface area contributed by atoms with Crippen LogP contribution in [0.4, 0.5) is 11.4 Å². The molecule has 2 aromatic carbocycles. The molecule has 0 aromatic heterocycles. The zero-order chi connectivity index (χ0) is 27.2. The molecule has 0 spiro atoms. The van der Waals surface area contributed by atoms with Crippen LogP contribution < -0.4 is 9.80 Å². The lowest BCUT2D eigenvalue weighted by Crippen LogP contribution is -2.40. The van der Waals surface area contributed by atoms with Crippen LogP contribution in [0.15, 0.2) is 83.4 Å². The number of likely N-dealkylation sites (N-methyl/N-ethyl adjacent to an activating group) is 2. The summed E-state index contributed by atoms with van der Waals surface area (Å²) in [5, 5.41) is 11.6. The van der Waals surface area contributed by atoms with Crippen LogP contribution in [-0.4, -0.2) is 30.9 Å². The lowest BCUT2D eigenvalue weighted by Gasteiger charge is -2.39. The molecule has 2 heterocycles. The highest BCUT2D eigenvalue weighted by Crippen LogP contribution is 2.52. The molecule has 0 bridgehead atoms. The third kappa shape index (κ3) is 4.00. The van der Waals surface area contributed by atoms with E-state index in [9.17, 15) is 5.11 Å². The van der Waals surface area contributed by atoms with Crippen LogP contribution in [0.2, 0.25) is 0 Å². The van der Waals surface area contributed by atoms with Crippen LogP contribution in [0.3, 0.4) is 0 Å². The Morgan fingerprint density at radius 3 is 1.89 bits per heavy atom. The van der Waals surface area contributed by atoms with E-state index in [4.69, 9.17) is 4.74 Å². The van der Waals surface area contributed by atoms with Gasteiger partial charge in [0.25, 0.3) is 0 Å². The SMILES string of the molecule is CCCCOC1C(C=C2N(CC)c3ccccc3C2(C)C)=C(O)C1C=C1N(CC)c2ccccc2C1(C)C. The van der Waals surface area contributed by atoms with E-state index in [0.717, 1.165) is 31.5 Å². The molecule has 2 aliphatic heterocycles. The molecule has 1 N–H and O–H groups in total. The summed E-state index contributed by atoms with van der Waals surface area (Å²) in [7, 11) is 0. The maximum atomic E-state index is 11.6. The van der Waals surface area contributed by atoms with Gasteiger partial charge in [-0.15, -0.1) is 0 Å². The van der Waals surface area contributed by atoms with Gasteiger partial charge >= 0.3 is 0 Å². The lowest BCUT2D eigenvalue weighted by atomic mass is 9.74. The highest BCUT2D eigenvalue weighted by atomic mass is 16.5. The number of aliphatic hydroxyl groups is 1. The van der Waals surface area contributed by atoms with E-state index in [2.05, 4.69) is 119 Å². The van der Waals surface area contributed by atoms with Gasteiger partial charge in [-0.2, -0.15) is 0 Å². The first-order valence-electron chi connectivity index (χ1n) is 14.4. The molecule has 1 aliphatic carbocycles. The number of unbranched alkanes of at least 4 members (excludes halogenated alkanes) is 1. The van der Waals surface area contributed by atoms with Crippen LogP contribution in [0.5, 0.6) is 0 Å². The van der Waals surface area contributed by atoms with E-state index in [1.54, 1.807) is 0 Å². The summed E-state index contributed by atoms with van der Waals surface area (Å²) in [6, 6.07) is 17.4. The first kappa shape index (κ1) is 26.6. The lowest BCUT2D eigenvalue weighted by molar-refractivity contribution is 0.0217. The molecule has 202 valence electrons. The van der Waals surface area contributed by atoms with Gasteiger partial charge in [-0.3, -0.25) is 0 Å². The van der Waals surface area contributed by atoms with E-state index in [0.29, 0.717) is 12.4 Å². The van der Waals surface area contributed by atoms with Crippen LogP contribution in [0.1, 0.15) is 72.4 Å². The number of hydrogen-bond donors (Lipinski definition) is 1. The molecule has 4 heteroatoms. The number of rotatable bonds is 8. The van der Waals surface area contributed by atoms with Crippen molar-refractivity contribution in [3.63, 3.8) is 0 Å². The first-order chi connectivity index (χ1) is 18.2. The van der Waals surface area contributed by atoms with Crippen molar-refractivity contribution in [2.24, 2.45) is 5.92 Å². The minimum absolute atomic E-state index is 0.136. The standard InChI is InChI=1S/C34H44N2O2/c1-8-11-20-38-32-23(21-29-33(4,5)25-16-12-14-18-27(25)35(29)9-2)31(37)24(32)22-30-34(6,7)26-17-13-15-19-28(26)36(30)10-3/h12-19,21-23,32,37H,8-11,20H2,1-7H3. The second-order valence-corrected chi connectivity index (χ2v) is 11.9. The average Bonchev–Trinajstić information content (AvgIpc) is 3.27. The molecule has 0 fully saturated rings. The molecule has 0 saturated heterocycles. The van der Waals surface area contributed by atoms with Crippen LogP contribution in [0.25, 0.3) is 0 Å². The normalized spacial score (nSPS) is 25.2. The summed E-state index contributed by atoms with van der Waals surface area (Å²) >= 11 is 0. The van der Waals surface area contributed by atoms with Crippen molar-refractivity contribution in [1.29, 1.82) is 0 Å². The van der Waals surface area contributed by atoms with Crippen molar-refractivity contribution < 1.29 is 9.84 Å². The largest absolute Gasteiger partial charge is 0.511 e. The molecule has 2 aromatic rings. The summed E-state index contributed by atoms with van der Waals surface area (Å²) < 4.78 is 6.52. The Morgan fingerprint density at radius 2 is 1.34 bits per heavy atom. The Hall–Kier alpha value is -2.98. The minimum Gasteiger partial charge on any atom is -0.511 e. The number of hydrogen-bond acceptors (Lipinski definition) is 4. The fraction of sp³-hybridized carbons (Fsp3) is 0.471. The number of nitrogens with zero attached hydrogens (tertiary/aromatic N) is 2. The number of fused-ring (bicyclic) bond motifs is 2. The quantitative estimate of drug-likeness (QED) is 0.363. The Balaban J connectivity index is 1.56. The van der Waals surface area contributed by atoms with Gasteiger partial charge in [-0.05, 0) is 49.6 Å². The topological polar surface area (TPSA) is 35.9 Å². The van der Waals surface area contributed by atoms with Crippen molar-refractivity contribution in [1.82, 2.24) is 0 Å². The fourth-order valence-electron chi connectivity index (χ4n) is 6.69. The van der Waals surface area contributed by atoms with Gasteiger partial charge in [0.2, 0.25) is 0 Å². The van der Waals surface area contributed by atoms with Gasteiger partial charge < -0.3 is 19.6 Å². The highest BCUT2D eigenvalue weighted by molar-refractivity contribution is 5.72. The smallest absolute Gasteiger partial charge is 0.108 e. The van der Waals surface area contributed by atoms with Crippen molar-refractivity contribution >= 4 is 11.4 Å². The number of aliphatic hydroxyl groups excluding tert-OH is 1. The Labute approximate surface area is 229 Å². The zero-order valence-corrected chi connectivity index (χ0v) is 24.2. The van der Waals surface area contributed by atoms with Crippen LogP contribution >= 0.6 is 0 Å². The predicted octanol–water partition coefficient (Wildman–Crippen LogP) is 8.02. The molecule has 38 heavy (non-hydrogen) atoms. The van der Waals surface area contributed by atoms with Crippen LogP contribution in [-0.2, 0) is 15.6 Å². The van der Waals surface area contributed by atoms with E-state index in [-0.39, 0.29) is 22.9 Å². The Kier molecular flexibility index (Phi) is 6.98. The third-order valence-corrected chi connectivity index (χ3v) is 8.90. The maximum Gasteiger partial charge on any atom is 0.108 e. The van der Waals surface area contributed by atoms with Crippen molar-refractivity contribution in [3.05, 3.63) is 94.5 Å². The number of para-hydroxylation sites is 2. The average molecular weight is 513 g/mol. The van der Waals surface area contributed by atoms with E-state index in [1.807, 2.05) is 0 Å². The summed E-state index contributed by atoms with van der Waals surface area (Å²) in [5.41, 5.74) is 8.31. The molecule has 0 amide bonds. The first-order valence-corrected chi connectivity index (χ1v) is 14.4. The highest BCUT2D eigenvalue weighted by Gasteiger charge is 2.46. The molecule has 3 aliphatic rings. The zero-order valence-electron chi connectivity index (χ0n) is 24.2. The van der Waals surface area contributed by atoms with Crippen molar-refractivity contribution in [3.8, 4) is 0 Å². The van der Waals surface area contributed by atoms with Crippen LogP contribution in [0, 0.1) is 5.92 Å². The molecular weight excluding hydrogens is 468 g/mol. The van der Waals surface area contributed by atoms with Gasteiger partial charge in [-0.1, -0.05) is 83.5 Å². The van der Waals surface area contributed by atoms with Gasteiger partial charge in [0, 0.05) is 58.9 Å². The molecule has 2 atom stereocenters. The number of benzene rings is 2. The predicted molar refractivity (Wildman–Crippen MR) is 159 cm³/mol. The molecular formula is C34H44N2O2. The molecule has 5 rings (SSSR count). The summed E-state index contributed by atoms with van der Waals surface area (Å²) in [5.74, 6) is 0.287. The summed E-state index contributed by atoms with van der Waals surface area (Å²) in [6.45, 7) is 18.2. The van der Waals surface area contributed by atoms with E-state index < -0.39 is 0 Å². The monoisotopic (exact) mass is 512 g/mol. The number of ether oxygens (including phenoxy) is 1. The number of allylic oxidation sites excluding steroid dienone is 2. The fourth-order valence-corrected chi connectivity index (χ4v) is 6.69. The second kappa shape index (κ2) is 9.96. The number of anilines is 2. The second-order valence-electron chi connectivity index (χ2n) is 11.9. The third-order valence-electron chi connectivity index (χ3n) is 8.90. The summed E-state index contributed by atoms with van der Waals surface area (Å²) in [6.07, 6.45) is 6.45. The summed E-state index contributed by atoms with van der Waals surface area (Å²) in [4.78, 5) is 4.79. The minimum atomic E-state index is -0.155. The molecule has 0 saturated carbocycles. The van der Waals surface area contributed by atoms with E-state index >= 15 is 0 Å². The van der Waals surface area contributed by atoms with Crippen molar-refractivity contribution in [2.75, 3.05) is 29.5 Å². The molecule has 4 nitrogen and oxygen atoms in total. The Bertz CT molecular complexity index is 1300. The van der Waals surface area contributed by atoms with Gasteiger partial charge in [-0.25, -0.2) is 0 Å². The van der Waals surface area contributed by atoms with Gasteiger partial charge in [0.05, 0.1) is 12.0 Å². The van der Waals surface area contributed by atoms with Crippen molar-refractivity contribution in [2.45, 2.75) is 78.2 Å². The maximum absolute atomic E-state index is 11.6. The Morgan fingerprint density at radius 1 is 0.816 bits per heavy atom. The van der Waals surface area contributed by atoms with Gasteiger partial charge in [0.1, 0.15) is 5.76 Å².